The fourth-order valence-electron chi connectivity index (χ4n) is 5.04. The van der Waals surface area contributed by atoms with Crippen LogP contribution in [0.25, 0.3) is 0 Å². The molecule has 35 heavy (non-hydrogen) atoms. The molecule has 0 unspecified atom stereocenters. The van der Waals surface area contributed by atoms with Gasteiger partial charge in [0.15, 0.2) is 5.82 Å². The number of hydrogen-bond acceptors (Lipinski definition) is 7. The number of nitrogens with one attached hydrogen (secondary N) is 1. The molecule has 5 N–H and O–H groups in total. The van der Waals surface area contributed by atoms with E-state index in [0.29, 0.717) is 28.4 Å². The van der Waals surface area contributed by atoms with Crippen molar-refractivity contribution in [2.75, 3.05) is 29.9 Å². The molecule has 0 radical (unpaired) electrons. The largest absolute Gasteiger partial charge is 0.402 e. The number of piperidine rings is 1. The molecule has 4 rings (SSSR count). The summed E-state index contributed by atoms with van der Waals surface area (Å²) in [7, 11) is 0. The SMILES string of the molecule is C/C(N)=C/C(N)=Nc1nc(Nc2cc(C)c(C3CCN(C4CCSCC4)CC3)cc2C)ncc1Cl. The van der Waals surface area contributed by atoms with Gasteiger partial charge in [0.1, 0.15) is 10.9 Å². The topological polar surface area (TPSA) is 105 Å². The molecule has 2 aromatic rings. The molecule has 2 aliphatic rings. The Morgan fingerprint density at radius 1 is 1.14 bits per heavy atom. The van der Waals surface area contributed by atoms with E-state index in [0.717, 1.165) is 11.7 Å². The van der Waals surface area contributed by atoms with Crippen LogP contribution < -0.4 is 16.8 Å². The second-order valence-corrected chi connectivity index (χ2v) is 11.2. The Bertz CT molecular complexity index is 1100. The number of benzene rings is 1. The van der Waals surface area contributed by atoms with Crippen LogP contribution in [0, 0.1) is 13.8 Å². The number of amidine groups is 1. The Morgan fingerprint density at radius 3 is 2.54 bits per heavy atom. The van der Waals surface area contributed by atoms with E-state index in [1.807, 2.05) is 0 Å². The highest BCUT2D eigenvalue weighted by atomic mass is 35.5. The van der Waals surface area contributed by atoms with Crippen LogP contribution in [0.5, 0.6) is 0 Å². The summed E-state index contributed by atoms with van der Waals surface area (Å²) in [6, 6.07) is 5.33. The maximum Gasteiger partial charge on any atom is 0.229 e. The Hall–Kier alpha value is -2.29. The molecule has 9 heteroatoms. The summed E-state index contributed by atoms with van der Waals surface area (Å²) in [4.78, 5) is 15.8. The Labute approximate surface area is 217 Å². The fraction of sp³-hybridized carbons (Fsp3) is 0.500. The number of halogens is 1. The molecular weight excluding hydrogens is 478 g/mol. The summed E-state index contributed by atoms with van der Waals surface area (Å²) >= 11 is 8.34. The third-order valence-electron chi connectivity index (χ3n) is 6.87. The van der Waals surface area contributed by atoms with Gasteiger partial charge < -0.3 is 21.7 Å². The van der Waals surface area contributed by atoms with Gasteiger partial charge >= 0.3 is 0 Å². The van der Waals surface area contributed by atoms with Gasteiger partial charge in [-0.05, 0) is 106 Å². The molecule has 1 aromatic carbocycles. The van der Waals surface area contributed by atoms with E-state index in [9.17, 15) is 0 Å². The number of nitrogens with zero attached hydrogens (tertiary/aromatic N) is 4. The van der Waals surface area contributed by atoms with E-state index in [1.54, 1.807) is 13.0 Å². The third-order valence-corrected chi connectivity index (χ3v) is 8.19. The van der Waals surface area contributed by atoms with Crippen molar-refractivity contribution in [2.45, 2.75) is 58.4 Å². The Kier molecular flexibility index (Phi) is 8.57. The Morgan fingerprint density at radius 2 is 1.86 bits per heavy atom. The predicted molar refractivity (Wildman–Crippen MR) is 149 cm³/mol. The summed E-state index contributed by atoms with van der Waals surface area (Å²) in [6.45, 7) is 8.49. The van der Waals surface area contributed by atoms with Crippen molar-refractivity contribution in [1.29, 1.82) is 0 Å². The van der Waals surface area contributed by atoms with Gasteiger partial charge in [0.25, 0.3) is 0 Å². The first-order chi connectivity index (χ1) is 16.8. The molecule has 188 valence electrons. The first-order valence-electron chi connectivity index (χ1n) is 12.3. The first-order valence-corrected chi connectivity index (χ1v) is 13.8. The van der Waals surface area contributed by atoms with E-state index in [4.69, 9.17) is 23.1 Å². The van der Waals surface area contributed by atoms with Crippen molar-refractivity contribution in [3.05, 3.63) is 51.8 Å². The van der Waals surface area contributed by atoms with Gasteiger partial charge in [-0.25, -0.2) is 9.98 Å². The zero-order valence-corrected chi connectivity index (χ0v) is 22.4. The number of nitrogens with two attached hydrogens (primary N) is 2. The van der Waals surface area contributed by atoms with Gasteiger partial charge in [-0.1, -0.05) is 17.7 Å². The maximum absolute atomic E-state index is 6.23. The highest BCUT2D eigenvalue weighted by Crippen LogP contribution is 2.35. The lowest BCUT2D eigenvalue weighted by Gasteiger charge is -2.39. The number of aliphatic imine (C=N–C) groups is 1. The zero-order chi connectivity index (χ0) is 24.9. The van der Waals surface area contributed by atoms with Crippen LogP contribution in [-0.2, 0) is 0 Å². The molecule has 3 heterocycles. The minimum Gasteiger partial charge on any atom is -0.402 e. The lowest BCUT2D eigenvalue weighted by molar-refractivity contribution is 0.144. The first kappa shape index (κ1) is 25.8. The quantitative estimate of drug-likeness (QED) is 0.350. The normalized spacial score (nSPS) is 19.2. The number of rotatable bonds is 6. The summed E-state index contributed by atoms with van der Waals surface area (Å²) < 4.78 is 0. The van der Waals surface area contributed by atoms with E-state index >= 15 is 0 Å². The highest BCUT2D eigenvalue weighted by Gasteiger charge is 2.27. The number of allylic oxidation sites excluding steroid dienone is 1. The molecule has 0 amide bonds. The van der Waals surface area contributed by atoms with Gasteiger partial charge in [-0.2, -0.15) is 16.7 Å². The van der Waals surface area contributed by atoms with Gasteiger partial charge in [0, 0.05) is 17.4 Å². The summed E-state index contributed by atoms with van der Waals surface area (Å²) in [5.41, 5.74) is 17.0. The van der Waals surface area contributed by atoms with Gasteiger partial charge in [0.05, 0.1) is 6.20 Å². The zero-order valence-electron chi connectivity index (χ0n) is 20.9. The average Bonchev–Trinajstić information content (AvgIpc) is 2.83. The third kappa shape index (κ3) is 6.68. The fourth-order valence-corrected chi connectivity index (χ4v) is 6.26. The van der Waals surface area contributed by atoms with Crippen molar-refractivity contribution in [1.82, 2.24) is 14.9 Å². The smallest absolute Gasteiger partial charge is 0.229 e. The highest BCUT2D eigenvalue weighted by molar-refractivity contribution is 7.99. The van der Waals surface area contributed by atoms with Crippen molar-refractivity contribution < 1.29 is 0 Å². The predicted octanol–water partition coefficient (Wildman–Crippen LogP) is 5.42. The number of hydrogen-bond donors (Lipinski definition) is 3. The number of likely N-dealkylation sites (tertiary alicyclic amines) is 1. The Balaban J connectivity index is 1.46. The van der Waals surface area contributed by atoms with Gasteiger partial charge in [0.2, 0.25) is 5.95 Å². The van der Waals surface area contributed by atoms with Crippen LogP contribution in [0.4, 0.5) is 17.5 Å². The molecular formula is C26H36ClN7S. The van der Waals surface area contributed by atoms with Gasteiger partial charge in [-0.15, -0.1) is 0 Å². The second-order valence-electron chi connectivity index (χ2n) is 9.59. The van der Waals surface area contributed by atoms with Crippen LogP contribution in [0.15, 0.2) is 35.1 Å². The second kappa shape index (κ2) is 11.6. The number of aromatic nitrogens is 2. The van der Waals surface area contributed by atoms with Crippen LogP contribution in [-0.4, -0.2) is 51.3 Å². The molecule has 0 bridgehead atoms. The lowest BCUT2D eigenvalue weighted by Crippen LogP contribution is -2.42. The molecule has 1 aromatic heterocycles. The maximum atomic E-state index is 6.23. The molecule has 2 fully saturated rings. The van der Waals surface area contributed by atoms with E-state index < -0.39 is 0 Å². The van der Waals surface area contributed by atoms with E-state index in [1.165, 1.54) is 73.2 Å². The van der Waals surface area contributed by atoms with Crippen LogP contribution in [0.1, 0.15) is 55.2 Å². The standard InChI is InChI=1S/C26H36ClN7S/c1-16-13-23(31-26-30-15-22(27)25(33-26)32-24(29)14-18(3)28)17(2)12-21(16)19-4-8-34(9-5-19)20-6-10-35-11-7-20/h12-15,19-20H,4-11,28H2,1-3H3,(H3,29,30,31,32,33)/b18-14-. The minimum atomic E-state index is 0.237. The van der Waals surface area contributed by atoms with Crippen LogP contribution in [0.2, 0.25) is 5.02 Å². The molecule has 0 saturated carbocycles. The molecule has 0 atom stereocenters. The van der Waals surface area contributed by atoms with Gasteiger partial charge in [-0.3, -0.25) is 0 Å². The van der Waals surface area contributed by atoms with Crippen molar-refractivity contribution in [3.8, 4) is 0 Å². The number of aryl methyl sites for hydroxylation is 2. The molecule has 2 aliphatic heterocycles. The van der Waals surface area contributed by atoms with Crippen LogP contribution in [0.3, 0.4) is 0 Å². The van der Waals surface area contributed by atoms with Crippen LogP contribution >= 0.6 is 23.4 Å². The number of thioether (sulfide) groups is 1. The summed E-state index contributed by atoms with van der Waals surface area (Å²) in [6.07, 6.45) is 8.26. The monoisotopic (exact) mass is 513 g/mol. The molecule has 2 saturated heterocycles. The van der Waals surface area contributed by atoms with Crippen molar-refractivity contribution in [2.24, 2.45) is 16.5 Å². The van der Waals surface area contributed by atoms with Crippen molar-refractivity contribution in [3.63, 3.8) is 0 Å². The molecule has 0 aliphatic carbocycles. The average molecular weight is 514 g/mol. The lowest BCUT2D eigenvalue weighted by atomic mass is 9.85. The summed E-state index contributed by atoms with van der Waals surface area (Å²) in [5, 5.41) is 3.66. The van der Waals surface area contributed by atoms with E-state index in [2.05, 4.69) is 62.9 Å². The summed E-state index contributed by atoms with van der Waals surface area (Å²) in [5.74, 6) is 4.21. The number of anilines is 2. The minimum absolute atomic E-state index is 0.237. The molecule has 0 spiro atoms. The van der Waals surface area contributed by atoms with Crippen molar-refractivity contribution >= 4 is 46.7 Å². The molecule has 7 nitrogen and oxygen atoms in total. The van der Waals surface area contributed by atoms with E-state index in [-0.39, 0.29) is 5.84 Å².